The van der Waals surface area contributed by atoms with Crippen LogP contribution in [0.3, 0.4) is 0 Å². The smallest absolute Gasteiger partial charge is 0.119 e. The molecule has 21 heavy (non-hydrogen) atoms. The minimum atomic E-state index is 0.0964. The van der Waals surface area contributed by atoms with Crippen LogP contribution in [0, 0.1) is 13.8 Å². The predicted molar refractivity (Wildman–Crippen MR) is 84.1 cm³/mol. The highest BCUT2D eigenvalue weighted by Gasteiger charge is 2.14. The summed E-state index contributed by atoms with van der Waals surface area (Å²) >= 11 is 0. The highest BCUT2D eigenvalue weighted by molar-refractivity contribution is 5.31. The molecule has 1 atom stereocenters. The molecule has 1 heterocycles. The monoisotopic (exact) mass is 288 g/mol. The maximum atomic E-state index is 5.73. The third kappa shape index (κ3) is 3.43. The number of aryl methyl sites for hydroxylation is 2. The Morgan fingerprint density at radius 1 is 1.38 bits per heavy atom. The normalized spacial score (nSPS) is 12.4. The Hall–Kier alpha value is -1.85. The maximum absolute atomic E-state index is 5.73. The number of benzene rings is 1. The first-order valence-corrected chi connectivity index (χ1v) is 7.16. The van der Waals surface area contributed by atoms with Crippen molar-refractivity contribution in [3.8, 4) is 5.75 Å². The van der Waals surface area contributed by atoms with E-state index in [1.807, 2.05) is 29.9 Å². The van der Waals surface area contributed by atoms with Crippen LogP contribution in [0.4, 0.5) is 0 Å². The summed E-state index contributed by atoms with van der Waals surface area (Å²) in [5, 5.41) is 4.46. The van der Waals surface area contributed by atoms with Gasteiger partial charge in [-0.05, 0) is 49.9 Å². The highest BCUT2D eigenvalue weighted by Crippen LogP contribution is 2.24. The van der Waals surface area contributed by atoms with Gasteiger partial charge in [-0.1, -0.05) is 12.1 Å². The molecule has 114 valence electrons. The summed E-state index contributed by atoms with van der Waals surface area (Å²) in [7, 11) is 3.65. The van der Waals surface area contributed by atoms with Crippen molar-refractivity contribution in [2.24, 2.45) is 12.9 Å². The second kappa shape index (κ2) is 6.74. The van der Waals surface area contributed by atoms with Crippen LogP contribution in [0.2, 0.25) is 0 Å². The Morgan fingerprint density at radius 3 is 2.71 bits per heavy atom. The molecule has 1 aromatic heterocycles. The average molecular weight is 288 g/mol. The van der Waals surface area contributed by atoms with Crippen LogP contribution < -0.4 is 16.0 Å². The molecule has 2 aromatic rings. The number of methoxy groups -OCH3 is 1. The van der Waals surface area contributed by atoms with Crippen molar-refractivity contribution < 1.29 is 4.74 Å². The topological polar surface area (TPSA) is 65.1 Å². The Bertz CT molecular complexity index is 606. The van der Waals surface area contributed by atoms with Crippen LogP contribution in [-0.2, 0) is 13.5 Å². The van der Waals surface area contributed by atoms with Gasteiger partial charge in [0, 0.05) is 18.8 Å². The van der Waals surface area contributed by atoms with Crippen molar-refractivity contribution in [2.45, 2.75) is 32.7 Å². The number of hydrogen-bond donors (Lipinski definition) is 2. The molecule has 0 fully saturated rings. The molecule has 1 aromatic carbocycles. The number of aromatic nitrogens is 2. The van der Waals surface area contributed by atoms with E-state index in [1.165, 1.54) is 11.3 Å². The molecule has 5 nitrogen and oxygen atoms in total. The number of nitrogens with two attached hydrogens (primary N) is 1. The molecule has 0 aliphatic carbocycles. The van der Waals surface area contributed by atoms with Crippen LogP contribution in [-0.4, -0.2) is 16.9 Å². The number of rotatable bonds is 6. The van der Waals surface area contributed by atoms with E-state index >= 15 is 0 Å². The fourth-order valence-electron chi connectivity index (χ4n) is 2.67. The number of nitrogens with one attached hydrogen (secondary N) is 1. The highest BCUT2D eigenvalue weighted by atomic mass is 16.5. The van der Waals surface area contributed by atoms with E-state index in [1.54, 1.807) is 7.11 Å². The van der Waals surface area contributed by atoms with Gasteiger partial charge in [-0.25, -0.2) is 0 Å². The molecule has 3 N–H and O–H groups in total. The number of hydrogen-bond acceptors (Lipinski definition) is 4. The fraction of sp³-hybridized carbons (Fsp3) is 0.438. The Balaban J connectivity index is 2.12. The van der Waals surface area contributed by atoms with Crippen molar-refractivity contribution in [1.82, 2.24) is 15.2 Å². The Kier molecular flexibility index (Phi) is 4.98. The van der Waals surface area contributed by atoms with Gasteiger partial charge in [-0.2, -0.15) is 5.10 Å². The van der Waals surface area contributed by atoms with Gasteiger partial charge >= 0.3 is 0 Å². The molecular weight excluding hydrogens is 264 g/mol. The lowest BCUT2D eigenvalue weighted by atomic mass is 9.98. The minimum Gasteiger partial charge on any atom is -0.497 e. The standard InChI is InChI=1S/C16H24N4O/c1-11-15(12(2)20(3)19-11)8-9-16(18-17)13-6-5-7-14(10-13)21-4/h5-7,10,16,18H,8-9,17H2,1-4H3. The first kappa shape index (κ1) is 15.5. The third-order valence-corrected chi connectivity index (χ3v) is 4.04. The van der Waals surface area contributed by atoms with E-state index in [0.29, 0.717) is 0 Å². The van der Waals surface area contributed by atoms with Gasteiger partial charge in [0.2, 0.25) is 0 Å². The van der Waals surface area contributed by atoms with E-state index < -0.39 is 0 Å². The molecule has 2 rings (SSSR count). The van der Waals surface area contributed by atoms with Crippen molar-refractivity contribution in [1.29, 1.82) is 0 Å². The quantitative estimate of drug-likeness (QED) is 0.631. The summed E-state index contributed by atoms with van der Waals surface area (Å²) in [6, 6.07) is 8.11. The van der Waals surface area contributed by atoms with Gasteiger partial charge in [-0.3, -0.25) is 16.0 Å². The molecule has 5 heteroatoms. The summed E-state index contributed by atoms with van der Waals surface area (Å²) in [5.74, 6) is 6.58. The zero-order valence-corrected chi connectivity index (χ0v) is 13.2. The molecule has 0 aliphatic heterocycles. The molecule has 0 aliphatic rings. The van der Waals surface area contributed by atoms with Crippen LogP contribution in [0.5, 0.6) is 5.75 Å². The zero-order chi connectivity index (χ0) is 15.4. The average Bonchev–Trinajstić information content (AvgIpc) is 2.74. The second-order valence-electron chi connectivity index (χ2n) is 5.31. The van der Waals surface area contributed by atoms with Gasteiger partial charge in [0.15, 0.2) is 0 Å². The van der Waals surface area contributed by atoms with Crippen LogP contribution in [0.15, 0.2) is 24.3 Å². The SMILES string of the molecule is COc1cccc(C(CCc2c(C)nn(C)c2C)NN)c1. The van der Waals surface area contributed by atoms with E-state index in [0.717, 1.165) is 29.8 Å². The first-order chi connectivity index (χ1) is 10.1. The van der Waals surface area contributed by atoms with Crippen molar-refractivity contribution in [2.75, 3.05) is 7.11 Å². The van der Waals surface area contributed by atoms with Gasteiger partial charge in [0.1, 0.15) is 5.75 Å². The van der Waals surface area contributed by atoms with E-state index in [-0.39, 0.29) is 6.04 Å². The largest absolute Gasteiger partial charge is 0.497 e. The van der Waals surface area contributed by atoms with Crippen molar-refractivity contribution in [3.05, 3.63) is 46.8 Å². The van der Waals surface area contributed by atoms with Crippen molar-refractivity contribution in [3.63, 3.8) is 0 Å². The predicted octanol–water partition coefficient (Wildman–Crippen LogP) is 2.18. The van der Waals surface area contributed by atoms with Gasteiger partial charge in [0.05, 0.1) is 12.8 Å². The van der Waals surface area contributed by atoms with Crippen LogP contribution in [0.25, 0.3) is 0 Å². The second-order valence-corrected chi connectivity index (χ2v) is 5.31. The Labute approximate surface area is 126 Å². The lowest BCUT2D eigenvalue weighted by molar-refractivity contribution is 0.412. The third-order valence-electron chi connectivity index (χ3n) is 4.04. The number of nitrogens with zero attached hydrogens (tertiary/aromatic N) is 2. The molecule has 0 bridgehead atoms. The number of ether oxygens (including phenoxy) is 1. The molecule has 0 saturated heterocycles. The summed E-state index contributed by atoms with van der Waals surface area (Å²) in [4.78, 5) is 0. The van der Waals surface area contributed by atoms with Gasteiger partial charge in [-0.15, -0.1) is 0 Å². The van der Waals surface area contributed by atoms with Gasteiger partial charge < -0.3 is 4.74 Å². The van der Waals surface area contributed by atoms with E-state index in [2.05, 4.69) is 30.4 Å². The molecule has 0 spiro atoms. The summed E-state index contributed by atoms with van der Waals surface area (Å²) < 4.78 is 7.20. The lowest BCUT2D eigenvalue weighted by Crippen LogP contribution is -2.28. The minimum absolute atomic E-state index is 0.0964. The molecular formula is C16H24N4O. The maximum Gasteiger partial charge on any atom is 0.119 e. The van der Waals surface area contributed by atoms with E-state index in [4.69, 9.17) is 10.6 Å². The summed E-state index contributed by atoms with van der Waals surface area (Å²) in [5.41, 5.74) is 7.65. The lowest BCUT2D eigenvalue weighted by Gasteiger charge is -2.17. The van der Waals surface area contributed by atoms with Crippen molar-refractivity contribution >= 4 is 0 Å². The zero-order valence-electron chi connectivity index (χ0n) is 13.2. The van der Waals surface area contributed by atoms with Crippen LogP contribution >= 0.6 is 0 Å². The fourth-order valence-corrected chi connectivity index (χ4v) is 2.67. The molecule has 0 amide bonds. The summed E-state index contributed by atoms with van der Waals surface area (Å²) in [6.45, 7) is 4.16. The molecule has 0 saturated carbocycles. The Morgan fingerprint density at radius 2 is 2.14 bits per heavy atom. The molecule has 0 radical (unpaired) electrons. The van der Waals surface area contributed by atoms with Gasteiger partial charge in [0.25, 0.3) is 0 Å². The first-order valence-electron chi connectivity index (χ1n) is 7.16. The number of hydrazine groups is 1. The summed E-state index contributed by atoms with van der Waals surface area (Å²) in [6.07, 6.45) is 1.86. The van der Waals surface area contributed by atoms with E-state index in [9.17, 15) is 0 Å². The molecule has 1 unspecified atom stereocenters. The van der Waals surface area contributed by atoms with Crippen LogP contribution in [0.1, 0.15) is 35.0 Å².